The van der Waals surface area contributed by atoms with Crippen LogP contribution < -0.4 is 10.1 Å². The van der Waals surface area contributed by atoms with Gasteiger partial charge in [0.25, 0.3) is 5.91 Å². The van der Waals surface area contributed by atoms with Gasteiger partial charge < -0.3 is 14.8 Å². The number of hydrogen-bond donors (Lipinski definition) is 1. The molecule has 0 spiro atoms. The van der Waals surface area contributed by atoms with Crippen LogP contribution in [-0.4, -0.2) is 25.1 Å². The van der Waals surface area contributed by atoms with Crippen LogP contribution in [0.3, 0.4) is 0 Å². The number of amides is 1. The number of esters is 1. The van der Waals surface area contributed by atoms with Crippen molar-refractivity contribution in [3.63, 3.8) is 0 Å². The van der Waals surface area contributed by atoms with Gasteiger partial charge in [-0.15, -0.1) is 11.3 Å². The Kier molecular flexibility index (Phi) is 8.39. The molecule has 0 radical (unpaired) electrons. The summed E-state index contributed by atoms with van der Waals surface area (Å²) in [5.74, 6) is -0.406. The monoisotopic (exact) mass is 460 g/mol. The lowest BCUT2D eigenvalue weighted by molar-refractivity contribution is -0.112. The van der Waals surface area contributed by atoms with Crippen LogP contribution in [0.5, 0.6) is 5.75 Å². The molecule has 2 aromatic carbocycles. The van der Waals surface area contributed by atoms with Crippen LogP contribution in [0.2, 0.25) is 0 Å². The number of carbonyl (C=O) groups is 2. The Hall–Kier alpha value is -3.89. The van der Waals surface area contributed by atoms with Gasteiger partial charge in [0, 0.05) is 10.9 Å². The summed E-state index contributed by atoms with van der Waals surface area (Å²) in [5.41, 5.74) is 2.38. The SMILES string of the molecule is CCCOc1ccc(C=C(C#N)C(=O)Nc2scc(-c3ccccc3)c2C(=O)OCC)cc1. The molecule has 0 fully saturated rings. The lowest BCUT2D eigenvalue weighted by Crippen LogP contribution is -2.16. The highest BCUT2D eigenvalue weighted by Gasteiger charge is 2.23. The van der Waals surface area contributed by atoms with Crippen LogP contribution in [0, 0.1) is 11.3 Å². The Labute approximate surface area is 197 Å². The topological polar surface area (TPSA) is 88.4 Å². The minimum atomic E-state index is -0.601. The van der Waals surface area contributed by atoms with Crippen molar-refractivity contribution < 1.29 is 19.1 Å². The van der Waals surface area contributed by atoms with Crippen LogP contribution in [0.15, 0.2) is 65.6 Å². The maximum absolute atomic E-state index is 12.9. The quantitative estimate of drug-likeness (QED) is 0.243. The third-order valence-electron chi connectivity index (χ3n) is 4.61. The number of ether oxygens (including phenoxy) is 2. The fourth-order valence-electron chi connectivity index (χ4n) is 3.05. The zero-order valence-corrected chi connectivity index (χ0v) is 19.3. The van der Waals surface area contributed by atoms with E-state index in [1.165, 1.54) is 17.4 Å². The molecule has 0 aliphatic heterocycles. The molecule has 0 saturated heterocycles. The van der Waals surface area contributed by atoms with Gasteiger partial charge in [-0.2, -0.15) is 5.26 Å². The predicted molar refractivity (Wildman–Crippen MR) is 130 cm³/mol. The molecule has 1 amide bonds. The Morgan fingerprint density at radius 3 is 2.45 bits per heavy atom. The molecule has 0 atom stereocenters. The number of thiophene rings is 1. The Morgan fingerprint density at radius 1 is 1.09 bits per heavy atom. The second-order valence-corrected chi connectivity index (χ2v) is 7.86. The number of nitriles is 1. The van der Waals surface area contributed by atoms with Crippen LogP contribution in [0.1, 0.15) is 36.2 Å². The normalized spacial score (nSPS) is 10.9. The van der Waals surface area contributed by atoms with E-state index in [2.05, 4.69) is 5.32 Å². The molecule has 7 heteroatoms. The minimum absolute atomic E-state index is 0.0818. The fourth-order valence-corrected chi connectivity index (χ4v) is 4.00. The van der Waals surface area contributed by atoms with Crippen molar-refractivity contribution in [3.05, 3.63) is 76.7 Å². The van der Waals surface area contributed by atoms with Gasteiger partial charge >= 0.3 is 5.97 Å². The maximum atomic E-state index is 12.9. The van der Waals surface area contributed by atoms with Crippen molar-refractivity contribution in [2.24, 2.45) is 0 Å². The summed E-state index contributed by atoms with van der Waals surface area (Å²) < 4.78 is 10.8. The highest BCUT2D eigenvalue weighted by atomic mass is 32.1. The number of benzene rings is 2. The van der Waals surface area contributed by atoms with E-state index >= 15 is 0 Å². The van der Waals surface area contributed by atoms with Gasteiger partial charge in [0.05, 0.1) is 13.2 Å². The molecule has 0 aliphatic carbocycles. The minimum Gasteiger partial charge on any atom is -0.494 e. The van der Waals surface area contributed by atoms with Crippen LogP contribution >= 0.6 is 11.3 Å². The highest BCUT2D eigenvalue weighted by Crippen LogP contribution is 2.36. The third kappa shape index (κ3) is 6.09. The average Bonchev–Trinajstić information content (AvgIpc) is 3.26. The molecule has 6 nitrogen and oxygen atoms in total. The van der Waals surface area contributed by atoms with E-state index in [0.717, 1.165) is 17.7 Å². The molecule has 3 rings (SSSR count). The Bertz CT molecular complexity index is 1180. The van der Waals surface area contributed by atoms with Crippen molar-refractivity contribution in [2.75, 3.05) is 18.5 Å². The van der Waals surface area contributed by atoms with Crippen LogP contribution in [0.4, 0.5) is 5.00 Å². The van der Waals surface area contributed by atoms with Crippen LogP contribution in [0.25, 0.3) is 17.2 Å². The fraction of sp³-hybridized carbons (Fsp3) is 0.192. The average molecular weight is 461 g/mol. The molecule has 1 heterocycles. The standard InChI is InChI=1S/C26H24N2O4S/c1-3-14-32-21-12-10-18(11-13-21)15-20(16-27)24(29)28-25-23(26(30)31-4-2)22(17-33-25)19-8-6-5-7-9-19/h5-13,15,17H,3-4,14H2,1-2H3,(H,28,29). The van der Waals surface area contributed by atoms with Crippen molar-refractivity contribution in [2.45, 2.75) is 20.3 Å². The van der Waals surface area contributed by atoms with Gasteiger partial charge in [0.1, 0.15) is 28.0 Å². The van der Waals surface area contributed by atoms with Gasteiger partial charge in [-0.1, -0.05) is 49.4 Å². The molecule has 1 aromatic heterocycles. The number of rotatable bonds is 9. The van der Waals surface area contributed by atoms with Crippen molar-refractivity contribution in [1.82, 2.24) is 0 Å². The molecule has 168 valence electrons. The van der Waals surface area contributed by atoms with Gasteiger partial charge in [0.15, 0.2) is 0 Å². The van der Waals surface area contributed by atoms with Crippen molar-refractivity contribution in [1.29, 1.82) is 5.26 Å². The number of nitrogens with zero attached hydrogens (tertiary/aromatic N) is 1. The number of nitrogens with one attached hydrogen (secondary N) is 1. The lowest BCUT2D eigenvalue weighted by atomic mass is 10.0. The predicted octanol–water partition coefficient (Wildman–Crippen LogP) is 5.93. The summed E-state index contributed by atoms with van der Waals surface area (Å²) in [7, 11) is 0. The summed E-state index contributed by atoms with van der Waals surface area (Å²) in [6.07, 6.45) is 2.40. The van der Waals surface area contributed by atoms with E-state index in [1.54, 1.807) is 36.6 Å². The first-order valence-corrected chi connectivity index (χ1v) is 11.4. The molecule has 3 aromatic rings. The van der Waals surface area contributed by atoms with Gasteiger partial charge in [-0.25, -0.2) is 4.79 Å². The van der Waals surface area contributed by atoms with Crippen molar-refractivity contribution >= 4 is 34.3 Å². The molecule has 33 heavy (non-hydrogen) atoms. The van der Waals surface area contributed by atoms with E-state index in [0.29, 0.717) is 22.7 Å². The van der Waals surface area contributed by atoms with Gasteiger partial charge in [0.2, 0.25) is 0 Å². The lowest BCUT2D eigenvalue weighted by Gasteiger charge is -2.09. The summed E-state index contributed by atoms with van der Waals surface area (Å²) in [6, 6.07) is 18.5. The molecule has 0 saturated carbocycles. The summed E-state index contributed by atoms with van der Waals surface area (Å²) in [4.78, 5) is 25.5. The summed E-state index contributed by atoms with van der Waals surface area (Å²) in [5, 5.41) is 14.4. The van der Waals surface area contributed by atoms with Crippen LogP contribution in [-0.2, 0) is 9.53 Å². The second kappa shape index (κ2) is 11.7. The van der Waals surface area contributed by atoms with Gasteiger partial charge in [-0.05, 0) is 42.7 Å². The maximum Gasteiger partial charge on any atom is 0.341 e. The number of hydrogen-bond acceptors (Lipinski definition) is 6. The summed E-state index contributed by atoms with van der Waals surface area (Å²) >= 11 is 1.21. The third-order valence-corrected chi connectivity index (χ3v) is 5.51. The first-order valence-electron chi connectivity index (χ1n) is 10.6. The first kappa shape index (κ1) is 23.8. The first-order chi connectivity index (χ1) is 16.1. The molecule has 0 unspecified atom stereocenters. The van der Waals surface area contributed by atoms with E-state index in [1.807, 2.05) is 43.3 Å². The largest absolute Gasteiger partial charge is 0.494 e. The number of anilines is 1. The van der Waals surface area contributed by atoms with E-state index < -0.39 is 11.9 Å². The molecular formula is C26H24N2O4S. The highest BCUT2D eigenvalue weighted by molar-refractivity contribution is 7.15. The molecule has 1 N–H and O–H groups in total. The Balaban J connectivity index is 1.86. The van der Waals surface area contributed by atoms with Crippen molar-refractivity contribution in [3.8, 4) is 22.9 Å². The Morgan fingerprint density at radius 2 is 1.82 bits per heavy atom. The molecule has 0 aliphatic rings. The van der Waals surface area contributed by atoms with Gasteiger partial charge in [-0.3, -0.25) is 4.79 Å². The number of carbonyl (C=O) groups excluding carboxylic acids is 2. The van der Waals surface area contributed by atoms with E-state index in [-0.39, 0.29) is 17.7 Å². The zero-order valence-electron chi connectivity index (χ0n) is 18.5. The van der Waals surface area contributed by atoms with E-state index in [9.17, 15) is 14.9 Å². The summed E-state index contributed by atoms with van der Waals surface area (Å²) in [6.45, 7) is 4.58. The second-order valence-electron chi connectivity index (χ2n) is 6.98. The smallest absolute Gasteiger partial charge is 0.341 e. The zero-order chi connectivity index (χ0) is 23.6. The van der Waals surface area contributed by atoms with E-state index in [4.69, 9.17) is 9.47 Å². The molecule has 0 bridgehead atoms. The molecular weight excluding hydrogens is 436 g/mol.